The van der Waals surface area contributed by atoms with Crippen LogP contribution in [-0.4, -0.2) is 21.3 Å². The van der Waals surface area contributed by atoms with Crippen molar-refractivity contribution < 1.29 is 8.78 Å². The molecule has 0 spiro atoms. The third-order valence-corrected chi connectivity index (χ3v) is 3.26. The summed E-state index contributed by atoms with van der Waals surface area (Å²) in [7, 11) is 1.84. The number of hydrogen-bond donors (Lipinski definition) is 2. The van der Waals surface area contributed by atoms with Crippen LogP contribution in [0.4, 0.5) is 20.4 Å². The van der Waals surface area contributed by atoms with Crippen molar-refractivity contribution in [2.24, 2.45) is 7.05 Å². The predicted molar refractivity (Wildman–Crippen MR) is 78.2 cm³/mol. The van der Waals surface area contributed by atoms with E-state index in [1.54, 1.807) is 10.9 Å². The van der Waals surface area contributed by atoms with Gasteiger partial charge in [0.1, 0.15) is 0 Å². The molecule has 0 saturated heterocycles. The second kappa shape index (κ2) is 6.51. The van der Waals surface area contributed by atoms with Crippen LogP contribution in [0.1, 0.15) is 24.6 Å². The van der Waals surface area contributed by atoms with Crippen LogP contribution in [0.2, 0.25) is 0 Å². The Hall–Kier alpha value is -2.18. The van der Waals surface area contributed by atoms with E-state index in [-0.39, 0.29) is 11.6 Å². The monoisotopic (exact) mass is 295 g/mol. The van der Waals surface area contributed by atoms with Gasteiger partial charge in [0.25, 0.3) is 0 Å². The summed E-state index contributed by atoms with van der Waals surface area (Å²) in [6, 6.07) is 0.837. The van der Waals surface area contributed by atoms with Gasteiger partial charge in [-0.3, -0.25) is 4.68 Å². The van der Waals surface area contributed by atoms with E-state index in [2.05, 4.69) is 20.7 Å². The molecule has 114 valence electrons. The maximum atomic E-state index is 13.7. The third-order valence-electron chi connectivity index (χ3n) is 3.26. The largest absolute Gasteiger partial charge is 0.368 e. The molecule has 0 radical (unpaired) electrons. The van der Waals surface area contributed by atoms with Crippen LogP contribution in [0.25, 0.3) is 0 Å². The molecule has 5 nitrogen and oxygen atoms in total. The summed E-state index contributed by atoms with van der Waals surface area (Å²) in [5, 5.41) is 9.83. The highest BCUT2D eigenvalue weighted by atomic mass is 19.1. The zero-order valence-electron chi connectivity index (χ0n) is 12.4. The van der Waals surface area contributed by atoms with E-state index >= 15 is 0 Å². The highest BCUT2D eigenvalue weighted by Crippen LogP contribution is 2.20. The van der Waals surface area contributed by atoms with Gasteiger partial charge in [0.15, 0.2) is 23.3 Å². The fourth-order valence-electron chi connectivity index (χ4n) is 1.85. The second-order valence-electron chi connectivity index (χ2n) is 4.81. The molecule has 2 aromatic heterocycles. The first-order valence-corrected chi connectivity index (χ1v) is 6.84. The van der Waals surface area contributed by atoms with Crippen molar-refractivity contribution in [3.63, 3.8) is 0 Å². The van der Waals surface area contributed by atoms with Crippen molar-refractivity contribution >= 4 is 11.6 Å². The molecular weight excluding hydrogens is 276 g/mol. The van der Waals surface area contributed by atoms with Crippen LogP contribution in [0.15, 0.2) is 12.3 Å². The average Bonchev–Trinajstić information content (AvgIpc) is 2.77. The zero-order valence-corrected chi connectivity index (χ0v) is 12.4. The highest BCUT2D eigenvalue weighted by Gasteiger charge is 2.12. The number of nitrogens with zero attached hydrogens (tertiary/aromatic N) is 3. The first-order valence-electron chi connectivity index (χ1n) is 6.84. The smallest absolute Gasteiger partial charge is 0.168 e. The fourth-order valence-corrected chi connectivity index (χ4v) is 1.85. The molecule has 7 heteroatoms. The first kappa shape index (κ1) is 15.2. The quantitative estimate of drug-likeness (QED) is 0.860. The minimum Gasteiger partial charge on any atom is -0.368 e. The van der Waals surface area contributed by atoms with Crippen LogP contribution in [0, 0.1) is 18.6 Å². The van der Waals surface area contributed by atoms with Crippen LogP contribution >= 0.6 is 0 Å². The van der Waals surface area contributed by atoms with Crippen LogP contribution in [0.5, 0.6) is 0 Å². The molecule has 2 N–H and O–H groups in total. The molecule has 0 amide bonds. The molecule has 0 bridgehead atoms. The molecule has 0 aliphatic carbocycles. The number of aromatic nitrogens is 3. The van der Waals surface area contributed by atoms with Crippen LogP contribution in [0.3, 0.4) is 0 Å². The normalized spacial score (nSPS) is 10.7. The van der Waals surface area contributed by atoms with E-state index in [1.807, 2.05) is 20.9 Å². The third kappa shape index (κ3) is 3.48. The maximum absolute atomic E-state index is 13.7. The van der Waals surface area contributed by atoms with Crippen molar-refractivity contribution in [3.05, 3.63) is 35.2 Å². The van der Waals surface area contributed by atoms with E-state index < -0.39 is 11.6 Å². The van der Waals surface area contributed by atoms with Gasteiger partial charge in [-0.25, -0.2) is 13.8 Å². The Balaban J connectivity index is 2.13. The number of anilines is 2. The van der Waals surface area contributed by atoms with Gasteiger partial charge in [0.05, 0.1) is 6.20 Å². The molecule has 0 aliphatic heterocycles. The molecule has 21 heavy (non-hydrogen) atoms. The van der Waals surface area contributed by atoms with Crippen molar-refractivity contribution in [2.75, 3.05) is 17.2 Å². The molecule has 0 saturated carbocycles. The minimum atomic E-state index is -0.712. The predicted octanol–water partition coefficient (Wildman–Crippen LogP) is 2.84. The Morgan fingerprint density at radius 2 is 1.86 bits per heavy atom. The van der Waals surface area contributed by atoms with E-state index in [4.69, 9.17) is 0 Å². The minimum absolute atomic E-state index is 0.0262. The Labute approximate surface area is 122 Å². The molecule has 2 aromatic rings. The SMILES string of the molecule is CCCNc1nc(NCc2cnn(C)c2C)c(F)cc1F. The van der Waals surface area contributed by atoms with E-state index in [1.165, 1.54) is 0 Å². The van der Waals surface area contributed by atoms with Crippen LogP contribution < -0.4 is 10.6 Å². The van der Waals surface area contributed by atoms with Gasteiger partial charge in [0.2, 0.25) is 0 Å². The van der Waals surface area contributed by atoms with Gasteiger partial charge in [0, 0.05) is 37.5 Å². The number of halogens is 2. The standard InChI is InChI=1S/C14H19F2N5/c1-4-5-17-13-11(15)6-12(16)14(20-13)18-7-10-8-19-21(3)9(10)2/h6,8H,4-5,7H2,1-3H3,(H2,17,18,20). The lowest BCUT2D eigenvalue weighted by Gasteiger charge is -2.10. The van der Waals surface area contributed by atoms with E-state index in [0.29, 0.717) is 13.1 Å². The van der Waals surface area contributed by atoms with Crippen molar-refractivity contribution in [1.82, 2.24) is 14.8 Å². The summed E-state index contributed by atoms with van der Waals surface area (Å²) in [4.78, 5) is 3.96. The second-order valence-corrected chi connectivity index (χ2v) is 4.81. The Morgan fingerprint density at radius 1 is 1.19 bits per heavy atom. The van der Waals surface area contributed by atoms with Gasteiger partial charge in [-0.05, 0) is 13.3 Å². The van der Waals surface area contributed by atoms with Crippen molar-refractivity contribution in [1.29, 1.82) is 0 Å². The average molecular weight is 295 g/mol. The van der Waals surface area contributed by atoms with Gasteiger partial charge in [-0.1, -0.05) is 6.92 Å². The van der Waals surface area contributed by atoms with Crippen LogP contribution in [-0.2, 0) is 13.6 Å². The van der Waals surface area contributed by atoms with Gasteiger partial charge < -0.3 is 10.6 Å². The number of nitrogens with one attached hydrogen (secondary N) is 2. The molecule has 0 aromatic carbocycles. The lowest BCUT2D eigenvalue weighted by molar-refractivity contribution is 0.577. The molecule has 0 aliphatic rings. The van der Waals surface area contributed by atoms with E-state index in [0.717, 1.165) is 23.7 Å². The Kier molecular flexibility index (Phi) is 4.72. The lowest BCUT2D eigenvalue weighted by atomic mass is 10.2. The summed E-state index contributed by atoms with van der Waals surface area (Å²) >= 11 is 0. The summed E-state index contributed by atoms with van der Waals surface area (Å²) < 4.78 is 29.1. The first-order chi connectivity index (χ1) is 10.0. The zero-order chi connectivity index (χ0) is 15.4. The number of pyridine rings is 1. The van der Waals surface area contributed by atoms with Gasteiger partial charge >= 0.3 is 0 Å². The summed E-state index contributed by atoms with van der Waals surface area (Å²) in [5.74, 6) is -1.32. The summed E-state index contributed by atoms with van der Waals surface area (Å²) in [5.41, 5.74) is 1.92. The number of aryl methyl sites for hydroxylation is 1. The molecule has 0 fully saturated rings. The molecule has 2 rings (SSSR count). The maximum Gasteiger partial charge on any atom is 0.168 e. The van der Waals surface area contributed by atoms with Crippen molar-refractivity contribution in [3.8, 4) is 0 Å². The lowest BCUT2D eigenvalue weighted by Crippen LogP contribution is -2.10. The fraction of sp³-hybridized carbons (Fsp3) is 0.429. The van der Waals surface area contributed by atoms with Crippen molar-refractivity contribution in [2.45, 2.75) is 26.8 Å². The topological polar surface area (TPSA) is 54.8 Å². The summed E-state index contributed by atoms with van der Waals surface area (Å²) in [6.07, 6.45) is 2.54. The molecule has 2 heterocycles. The molecular formula is C14H19F2N5. The highest BCUT2D eigenvalue weighted by molar-refractivity contribution is 5.47. The molecule has 0 unspecified atom stereocenters. The summed E-state index contributed by atoms with van der Waals surface area (Å²) in [6.45, 7) is 4.84. The number of rotatable bonds is 6. The van der Waals surface area contributed by atoms with Gasteiger partial charge in [-0.15, -0.1) is 0 Å². The number of hydrogen-bond acceptors (Lipinski definition) is 4. The molecule has 0 atom stereocenters. The van der Waals surface area contributed by atoms with E-state index in [9.17, 15) is 8.78 Å². The van der Waals surface area contributed by atoms with Gasteiger partial charge in [-0.2, -0.15) is 5.10 Å². The Bertz CT molecular complexity index is 624. The Morgan fingerprint density at radius 3 is 2.43 bits per heavy atom.